The molecule has 1 atom stereocenters. The first-order chi connectivity index (χ1) is 9.86. The van der Waals surface area contributed by atoms with Crippen LogP contribution in [0.15, 0.2) is 24.3 Å². The lowest BCUT2D eigenvalue weighted by Crippen LogP contribution is -2.46. The molecule has 1 rings (SSSR count). The maximum absolute atomic E-state index is 12.3. The Bertz CT molecular complexity index is 540. The highest BCUT2D eigenvalue weighted by atomic mass is 16.5. The third-order valence-corrected chi connectivity index (χ3v) is 2.90. The molecule has 1 unspecified atom stereocenters. The maximum Gasteiger partial charge on any atom is 0.339 e. The third-order valence-electron chi connectivity index (χ3n) is 2.90. The first kappa shape index (κ1) is 16.7. The van der Waals surface area contributed by atoms with E-state index in [0.717, 1.165) is 0 Å². The number of carbonyl (C=O) groups is 3. The SMILES string of the molecule is COC(=O)c1ccccc1NC(=O)C(NC(C)=O)C(C)C. The van der Waals surface area contributed by atoms with E-state index in [1.165, 1.54) is 14.0 Å². The Morgan fingerprint density at radius 2 is 1.76 bits per heavy atom. The Morgan fingerprint density at radius 1 is 1.14 bits per heavy atom. The van der Waals surface area contributed by atoms with E-state index in [-0.39, 0.29) is 23.3 Å². The molecule has 1 aromatic carbocycles. The number of ether oxygens (including phenoxy) is 1. The van der Waals surface area contributed by atoms with Crippen LogP contribution in [0.5, 0.6) is 0 Å². The molecule has 0 aliphatic rings. The monoisotopic (exact) mass is 292 g/mol. The summed E-state index contributed by atoms with van der Waals surface area (Å²) in [6, 6.07) is 5.87. The van der Waals surface area contributed by atoms with Crippen molar-refractivity contribution >= 4 is 23.5 Å². The van der Waals surface area contributed by atoms with Gasteiger partial charge in [-0.1, -0.05) is 26.0 Å². The standard InChI is InChI=1S/C15H20N2O4/c1-9(2)13(16-10(3)18)14(19)17-12-8-6-5-7-11(12)15(20)21-4/h5-9,13H,1-4H3,(H,16,18)(H,17,19). The van der Waals surface area contributed by atoms with Gasteiger partial charge in [-0.05, 0) is 18.1 Å². The Hall–Kier alpha value is -2.37. The zero-order valence-corrected chi connectivity index (χ0v) is 12.6. The molecule has 21 heavy (non-hydrogen) atoms. The molecular weight excluding hydrogens is 272 g/mol. The number of rotatable bonds is 5. The number of para-hydroxylation sites is 1. The van der Waals surface area contributed by atoms with E-state index in [2.05, 4.69) is 15.4 Å². The molecular formula is C15H20N2O4. The van der Waals surface area contributed by atoms with Crippen LogP contribution in [0, 0.1) is 5.92 Å². The van der Waals surface area contributed by atoms with Gasteiger partial charge < -0.3 is 15.4 Å². The van der Waals surface area contributed by atoms with Gasteiger partial charge >= 0.3 is 5.97 Å². The van der Waals surface area contributed by atoms with Crippen LogP contribution in [0.3, 0.4) is 0 Å². The van der Waals surface area contributed by atoms with Crippen LogP contribution < -0.4 is 10.6 Å². The van der Waals surface area contributed by atoms with Crippen LogP contribution in [0.2, 0.25) is 0 Å². The fourth-order valence-electron chi connectivity index (χ4n) is 1.84. The van der Waals surface area contributed by atoms with Gasteiger partial charge in [0.25, 0.3) is 0 Å². The first-order valence-corrected chi connectivity index (χ1v) is 6.62. The summed E-state index contributed by atoms with van der Waals surface area (Å²) in [5.41, 5.74) is 0.615. The van der Waals surface area contributed by atoms with Crippen LogP contribution in [0.4, 0.5) is 5.69 Å². The van der Waals surface area contributed by atoms with Gasteiger partial charge in [-0.25, -0.2) is 4.79 Å². The smallest absolute Gasteiger partial charge is 0.339 e. The second-order valence-electron chi connectivity index (χ2n) is 4.95. The third kappa shape index (κ3) is 4.59. The van der Waals surface area contributed by atoms with E-state index in [1.807, 2.05) is 13.8 Å². The molecule has 114 valence electrons. The summed E-state index contributed by atoms with van der Waals surface area (Å²) in [4.78, 5) is 35.1. The summed E-state index contributed by atoms with van der Waals surface area (Å²) < 4.78 is 4.67. The van der Waals surface area contributed by atoms with Crippen LogP contribution in [-0.4, -0.2) is 30.9 Å². The predicted octanol–water partition coefficient (Wildman–Crippen LogP) is 1.57. The minimum atomic E-state index is -0.673. The largest absolute Gasteiger partial charge is 0.465 e. The molecule has 2 amide bonds. The highest BCUT2D eigenvalue weighted by Crippen LogP contribution is 2.17. The minimum Gasteiger partial charge on any atom is -0.465 e. The van der Waals surface area contributed by atoms with Crippen molar-refractivity contribution in [2.45, 2.75) is 26.8 Å². The number of anilines is 1. The van der Waals surface area contributed by atoms with Crippen LogP contribution in [0.1, 0.15) is 31.1 Å². The van der Waals surface area contributed by atoms with Gasteiger partial charge in [0, 0.05) is 6.92 Å². The highest BCUT2D eigenvalue weighted by molar-refractivity contribution is 6.03. The fraction of sp³-hybridized carbons (Fsp3) is 0.400. The van der Waals surface area contributed by atoms with E-state index in [1.54, 1.807) is 24.3 Å². The Labute approximate surface area is 123 Å². The van der Waals surface area contributed by atoms with Gasteiger partial charge in [-0.15, -0.1) is 0 Å². The molecule has 2 N–H and O–H groups in total. The molecule has 0 saturated heterocycles. The van der Waals surface area contributed by atoms with Gasteiger partial charge in [0.05, 0.1) is 18.4 Å². The minimum absolute atomic E-state index is 0.0841. The molecule has 0 aliphatic heterocycles. The van der Waals surface area contributed by atoms with E-state index >= 15 is 0 Å². The van der Waals surface area contributed by atoms with Crippen molar-refractivity contribution in [3.8, 4) is 0 Å². The van der Waals surface area contributed by atoms with Gasteiger partial charge in [0.2, 0.25) is 11.8 Å². The lowest BCUT2D eigenvalue weighted by molar-refractivity contribution is -0.126. The second-order valence-corrected chi connectivity index (χ2v) is 4.95. The Kier molecular flexibility index (Phi) is 5.90. The average molecular weight is 292 g/mol. The van der Waals surface area contributed by atoms with Gasteiger partial charge in [0.1, 0.15) is 6.04 Å². The van der Waals surface area contributed by atoms with Crippen LogP contribution >= 0.6 is 0 Å². The molecule has 0 fully saturated rings. The molecule has 0 saturated carbocycles. The predicted molar refractivity (Wildman–Crippen MR) is 78.9 cm³/mol. The zero-order chi connectivity index (χ0) is 16.0. The van der Waals surface area contributed by atoms with Crippen molar-refractivity contribution < 1.29 is 19.1 Å². The number of benzene rings is 1. The van der Waals surface area contributed by atoms with Crippen LogP contribution in [0.25, 0.3) is 0 Å². The molecule has 0 spiro atoms. The second kappa shape index (κ2) is 7.42. The van der Waals surface area contributed by atoms with Crippen molar-refractivity contribution in [1.82, 2.24) is 5.32 Å². The van der Waals surface area contributed by atoms with Crippen molar-refractivity contribution in [3.63, 3.8) is 0 Å². The molecule has 0 bridgehead atoms. The topological polar surface area (TPSA) is 84.5 Å². The van der Waals surface area contributed by atoms with E-state index in [9.17, 15) is 14.4 Å². The molecule has 0 radical (unpaired) electrons. The Morgan fingerprint density at radius 3 is 2.29 bits per heavy atom. The summed E-state index contributed by atoms with van der Waals surface area (Å²) in [5.74, 6) is -1.28. The summed E-state index contributed by atoms with van der Waals surface area (Å²) in [7, 11) is 1.27. The number of methoxy groups -OCH3 is 1. The number of hydrogen-bond donors (Lipinski definition) is 2. The number of esters is 1. The first-order valence-electron chi connectivity index (χ1n) is 6.62. The summed E-state index contributed by atoms with van der Waals surface area (Å²) in [5, 5.41) is 5.25. The molecule has 1 aromatic rings. The van der Waals surface area contributed by atoms with Crippen molar-refractivity contribution in [2.24, 2.45) is 5.92 Å². The summed E-state index contributed by atoms with van der Waals surface area (Å²) in [6.07, 6.45) is 0. The summed E-state index contributed by atoms with van der Waals surface area (Å²) in [6.45, 7) is 5.00. The van der Waals surface area contributed by atoms with Gasteiger partial charge in [0.15, 0.2) is 0 Å². The van der Waals surface area contributed by atoms with Crippen molar-refractivity contribution in [3.05, 3.63) is 29.8 Å². The molecule has 0 aromatic heterocycles. The maximum atomic E-state index is 12.3. The fourth-order valence-corrected chi connectivity index (χ4v) is 1.84. The zero-order valence-electron chi connectivity index (χ0n) is 12.6. The normalized spacial score (nSPS) is 11.7. The van der Waals surface area contributed by atoms with E-state index in [0.29, 0.717) is 5.69 Å². The molecule has 0 aliphatic carbocycles. The van der Waals surface area contributed by atoms with Crippen molar-refractivity contribution in [2.75, 3.05) is 12.4 Å². The van der Waals surface area contributed by atoms with E-state index in [4.69, 9.17) is 0 Å². The van der Waals surface area contributed by atoms with Gasteiger partial charge in [-0.2, -0.15) is 0 Å². The molecule has 0 heterocycles. The van der Waals surface area contributed by atoms with Crippen LogP contribution in [-0.2, 0) is 14.3 Å². The number of carbonyl (C=O) groups excluding carboxylic acids is 3. The highest BCUT2D eigenvalue weighted by Gasteiger charge is 2.24. The quantitative estimate of drug-likeness (QED) is 0.807. The lowest BCUT2D eigenvalue weighted by Gasteiger charge is -2.21. The average Bonchev–Trinajstić information content (AvgIpc) is 2.43. The number of hydrogen-bond acceptors (Lipinski definition) is 4. The lowest BCUT2D eigenvalue weighted by atomic mass is 10.0. The van der Waals surface area contributed by atoms with Crippen molar-refractivity contribution in [1.29, 1.82) is 0 Å². The molecule has 6 nitrogen and oxygen atoms in total. The number of amides is 2. The summed E-state index contributed by atoms with van der Waals surface area (Å²) >= 11 is 0. The van der Waals surface area contributed by atoms with E-state index < -0.39 is 12.0 Å². The molecule has 6 heteroatoms. The Balaban J connectivity index is 2.96. The number of nitrogens with one attached hydrogen (secondary N) is 2. The van der Waals surface area contributed by atoms with Gasteiger partial charge in [-0.3, -0.25) is 9.59 Å².